The largest absolute Gasteiger partial charge is 0.497 e. The standard InChI is InChI=1S/C15H22ClNO/c1-11(12-6-4-3-5-7-12)17-15-10-13(18-2)8-9-14(15)16/h8-12,17H,3-7H2,1-2H3. The number of halogens is 1. The summed E-state index contributed by atoms with van der Waals surface area (Å²) >= 11 is 6.22. The van der Waals surface area contributed by atoms with Crippen molar-refractivity contribution in [3.63, 3.8) is 0 Å². The molecule has 1 aromatic rings. The fourth-order valence-corrected chi connectivity index (χ4v) is 2.91. The lowest BCUT2D eigenvalue weighted by molar-refractivity contribution is 0.328. The maximum absolute atomic E-state index is 6.22. The van der Waals surface area contributed by atoms with Crippen LogP contribution in [0.3, 0.4) is 0 Å². The Bertz CT molecular complexity index is 388. The Morgan fingerprint density at radius 2 is 2.00 bits per heavy atom. The van der Waals surface area contributed by atoms with Gasteiger partial charge < -0.3 is 10.1 Å². The number of hydrogen-bond acceptors (Lipinski definition) is 2. The van der Waals surface area contributed by atoms with Crippen LogP contribution in [0, 0.1) is 5.92 Å². The Morgan fingerprint density at radius 1 is 1.28 bits per heavy atom. The number of hydrogen-bond donors (Lipinski definition) is 1. The van der Waals surface area contributed by atoms with Crippen molar-refractivity contribution in [3.8, 4) is 5.75 Å². The maximum Gasteiger partial charge on any atom is 0.121 e. The molecule has 1 aliphatic carbocycles. The first-order valence-electron chi connectivity index (χ1n) is 6.81. The summed E-state index contributed by atoms with van der Waals surface area (Å²) in [5, 5.41) is 4.31. The van der Waals surface area contributed by atoms with Gasteiger partial charge in [0.15, 0.2) is 0 Å². The Balaban J connectivity index is 2.03. The van der Waals surface area contributed by atoms with E-state index in [0.717, 1.165) is 22.4 Å². The van der Waals surface area contributed by atoms with Gasteiger partial charge in [-0.15, -0.1) is 0 Å². The number of nitrogens with one attached hydrogen (secondary N) is 1. The van der Waals surface area contributed by atoms with Crippen molar-refractivity contribution in [1.29, 1.82) is 0 Å². The van der Waals surface area contributed by atoms with E-state index in [-0.39, 0.29) is 0 Å². The normalized spacial score (nSPS) is 18.4. The van der Waals surface area contributed by atoms with Gasteiger partial charge in [0.05, 0.1) is 17.8 Å². The Hall–Kier alpha value is -0.890. The van der Waals surface area contributed by atoms with Gasteiger partial charge in [0.1, 0.15) is 5.75 Å². The minimum Gasteiger partial charge on any atom is -0.497 e. The van der Waals surface area contributed by atoms with Crippen LogP contribution in [0.5, 0.6) is 5.75 Å². The Labute approximate surface area is 115 Å². The monoisotopic (exact) mass is 267 g/mol. The Morgan fingerprint density at radius 3 is 2.67 bits per heavy atom. The van der Waals surface area contributed by atoms with E-state index in [1.807, 2.05) is 18.2 Å². The van der Waals surface area contributed by atoms with Gasteiger partial charge >= 0.3 is 0 Å². The van der Waals surface area contributed by atoms with Crippen LogP contribution in [0.2, 0.25) is 5.02 Å². The predicted molar refractivity (Wildman–Crippen MR) is 77.7 cm³/mol. The summed E-state index contributed by atoms with van der Waals surface area (Å²) in [4.78, 5) is 0. The van der Waals surface area contributed by atoms with Crippen molar-refractivity contribution in [2.45, 2.75) is 45.1 Å². The van der Waals surface area contributed by atoms with Gasteiger partial charge in [0, 0.05) is 12.1 Å². The summed E-state index contributed by atoms with van der Waals surface area (Å²) in [6, 6.07) is 6.21. The molecule has 18 heavy (non-hydrogen) atoms. The minimum atomic E-state index is 0.468. The molecule has 1 fully saturated rings. The zero-order valence-electron chi connectivity index (χ0n) is 11.2. The molecule has 2 rings (SSSR count). The van der Waals surface area contributed by atoms with E-state index in [1.54, 1.807) is 7.11 Å². The lowest BCUT2D eigenvalue weighted by Crippen LogP contribution is -2.27. The zero-order chi connectivity index (χ0) is 13.0. The molecule has 0 amide bonds. The van der Waals surface area contributed by atoms with E-state index in [0.29, 0.717) is 6.04 Å². The molecular weight excluding hydrogens is 246 g/mol. The molecule has 1 saturated carbocycles. The summed E-state index contributed by atoms with van der Waals surface area (Å²) in [5.41, 5.74) is 0.981. The fraction of sp³-hybridized carbons (Fsp3) is 0.600. The van der Waals surface area contributed by atoms with Crippen LogP contribution in [0.25, 0.3) is 0 Å². The first-order chi connectivity index (χ1) is 8.70. The molecule has 0 aliphatic heterocycles. The molecule has 100 valence electrons. The fourth-order valence-electron chi connectivity index (χ4n) is 2.74. The predicted octanol–water partition coefficient (Wildman–Crippen LogP) is 4.73. The van der Waals surface area contributed by atoms with Gasteiger partial charge in [0.25, 0.3) is 0 Å². The van der Waals surface area contributed by atoms with E-state index in [1.165, 1.54) is 32.1 Å². The molecule has 1 atom stereocenters. The highest BCUT2D eigenvalue weighted by Gasteiger charge is 2.20. The number of anilines is 1. The van der Waals surface area contributed by atoms with Crippen LogP contribution in [0.15, 0.2) is 18.2 Å². The van der Waals surface area contributed by atoms with E-state index in [4.69, 9.17) is 16.3 Å². The van der Waals surface area contributed by atoms with Crippen LogP contribution in [-0.4, -0.2) is 13.2 Å². The van der Waals surface area contributed by atoms with Crippen LogP contribution in [0.1, 0.15) is 39.0 Å². The third-order valence-corrected chi connectivity index (χ3v) is 4.24. The summed E-state index contributed by atoms with van der Waals surface area (Å²) in [7, 11) is 1.68. The average molecular weight is 268 g/mol. The van der Waals surface area contributed by atoms with E-state index in [9.17, 15) is 0 Å². The summed E-state index contributed by atoms with van der Waals surface area (Å²) in [5.74, 6) is 1.61. The third kappa shape index (κ3) is 3.32. The first kappa shape index (κ1) is 13.5. The average Bonchev–Trinajstić information content (AvgIpc) is 2.42. The molecule has 0 saturated heterocycles. The molecule has 1 N–H and O–H groups in total. The molecule has 0 spiro atoms. The molecule has 0 heterocycles. The SMILES string of the molecule is COc1ccc(Cl)c(NC(C)C2CCCCC2)c1. The smallest absolute Gasteiger partial charge is 0.121 e. The van der Waals surface area contributed by atoms with Crippen molar-refractivity contribution in [3.05, 3.63) is 23.2 Å². The van der Waals surface area contributed by atoms with Crippen molar-refractivity contribution >= 4 is 17.3 Å². The van der Waals surface area contributed by atoms with E-state index in [2.05, 4.69) is 12.2 Å². The van der Waals surface area contributed by atoms with E-state index < -0.39 is 0 Å². The molecule has 1 aromatic carbocycles. The van der Waals surface area contributed by atoms with Crippen molar-refractivity contribution < 1.29 is 4.74 Å². The highest BCUT2D eigenvalue weighted by atomic mass is 35.5. The quantitative estimate of drug-likeness (QED) is 0.852. The van der Waals surface area contributed by atoms with Gasteiger partial charge in [-0.1, -0.05) is 30.9 Å². The van der Waals surface area contributed by atoms with Gasteiger partial charge in [0.2, 0.25) is 0 Å². The number of methoxy groups -OCH3 is 1. The summed E-state index contributed by atoms with van der Waals surface area (Å²) in [6.45, 7) is 2.26. The van der Waals surface area contributed by atoms with Gasteiger partial charge in [-0.05, 0) is 37.8 Å². The van der Waals surface area contributed by atoms with Crippen LogP contribution in [0.4, 0.5) is 5.69 Å². The zero-order valence-corrected chi connectivity index (χ0v) is 12.0. The van der Waals surface area contributed by atoms with Crippen molar-refractivity contribution in [2.24, 2.45) is 5.92 Å². The molecule has 2 nitrogen and oxygen atoms in total. The number of ether oxygens (including phenoxy) is 1. The van der Waals surface area contributed by atoms with Crippen LogP contribution >= 0.6 is 11.6 Å². The lowest BCUT2D eigenvalue weighted by Gasteiger charge is -2.29. The summed E-state index contributed by atoms with van der Waals surface area (Å²) in [6.07, 6.45) is 6.78. The molecule has 1 unspecified atom stereocenters. The minimum absolute atomic E-state index is 0.468. The first-order valence-corrected chi connectivity index (χ1v) is 7.18. The second-order valence-corrected chi connectivity index (χ2v) is 5.58. The number of benzene rings is 1. The van der Waals surface area contributed by atoms with Gasteiger partial charge in [-0.2, -0.15) is 0 Å². The highest BCUT2D eigenvalue weighted by Crippen LogP contribution is 2.31. The highest BCUT2D eigenvalue weighted by molar-refractivity contribution is 6.33. The topological polar surface area (TPSA) is 21.3 Å². The molecular formula is C15H22ClNO. The van der Waals surface area contributed by atoms with Crippen LogP contribution < -0.4 is 10.1 Å². The van der Waals surface area contributed by atoms with Gasteiger partial charge in [-0.25, -0.2) is 0 Å². The van der Waals surface area contributed by atoms with Crippen LogP contribution in [-0.2, 0) is 0 Å². The third-order valence-electron chi connectivity index (χ3n) is 3.91. The lowest BCUT2D eigenvalue weighted by atomic mass is 9.84. The molecule has 0 aromatic heterocycles. The molecule has 0 radical (unpaired) electrons. The maximum atomic E-state index is 6.22. The summed E-state index contributed by atoms with van der Waals surface area (Å²) < 4.78 is 5.24. The molecule has 3 heteroatoms. The van der Waals surface area contributed by atoms with E-state index >= 15 is 0 Å². The van der Waals surface area contributed by atoms with Gasteiger partial charge in [-0.3, -0.25) is 0 Å². The van der Waals surface area contributed by atoms with Crippen molar-refractivity contribution in [2.75, 3.05) is 12.4 Å². The molecule has 1 aliphatic rings. The Kier molecular flexibility index (Phi) is 4.76. The number of rotatable bonds is 4. The molecule has 0 bridgehead atoms. The van der Waals surface area contributed by atoms with Crippen molar-refractivity contribution in [1.82, 2.24) is 0 Å². The second-order valence-electron chi connectivity index (χ2n) is 5.18. The second kappa shape index (κ2) is 6.33.